The molecule has 1 aromatic heterocycles. The van der Waals surface area contributed by atoms with Gasteiger partial charge in [0, 0.05) is 24.3 Å². The zero-order chi connectivity index (χ0) is 21.7. The summed E-state index contributed by atoms with van der Waals surface area (Å²) in [6, 6.07) is 0. The molecule has 3 aliphatic heterocycles. The van der Waals surface area contributed by atoms with E-state index in [-0.39, 0.29) is 18.1 Å². The van der Waals surface area contributed by atoms with E-state index in [0.717, 1.165) is 26.6 Å². The van der Waals surface area contributed by atoms with Gasteiger partial charge in [-0.3, -0.25) is 19.8 Å². The molecule has 3 atom stereocenters. The second kappa shape index (κ2) is 7.68. The molecule has 2 N–H and O–H groups in total. The van der Waals surface area contributed by atoms with Gasteiger partial charge in [0.15, 0.2) is 5.69 Å². The highest BCUT2D eigenvalue weighted by molar-refractivity contribution is 8.17. The average molecular weight is 468 g/mol. The molecule has 11 heteroatoms. The summed E-state index contributed by atoms with van der Waals surface area (Å²) in [4.78, 5) is 31.2. The number of amides is 1. The summed E-state index contributed by atoms with van der Waals surface area (Å²) in [5.41, 5.74) is -1.16. The number of carbonyl (C=O) groups excluding carboxylic acids is 1. The number of aliphatic hydroxyl groups is 1. The third-order valence-electron chi connectivity index (χ3n) is 5.32. The molecule has 4 rings (SSSR count). The number of nitrogens with zero attached hydrogens (tertiary/aromatic N) is 4. The molecule has 0 aromatic carbocycles. The van der Waals surface area contributed by atoms with Gasteiger partial charge in [0.1, 0.15) is 22.4 Å². The molecule has 4 heterocycles. The largest absolute Gasteiger partial charge is 0.442 e. The Morgan fingerprint density at radius 3 is 2.20 bits per heavy atom. The summed E-state index contributed by atoms with van der Waals surface area (Å²) in [6.07, 6.45) is 0. The van der Waals surface area contributed by atoms with E-state index in [9.17, 15) is 9.90 Å². The van der Waals surface area contributed by atoms with E-state index in [2.05, 4.69) is 24.1 Å². The van der Waals surface area contributed by atoms with Crippen molar-refractivity contribution in [2.75, 3.05) is 30.9 Å². The smallest absolute Gasteiger partial charge is 0.273 e. The monoisotopic (exact) mass is 467 g/mol. The Hall–Kier alpha value is -1.30. The first-order valence-electron chi connectivity index (χ1n) is 9.61. The lowest BCUT2D eigenvalue weighted by Gasteiger charge is -2.21. The summed E-state index contributed by atoms with van der Waals surface area (Å²) in [5.74, 6) is 2.95. The van der Waals surface area contributed by atoms with Crippen LogP contribution in [-0.2, 0) is 5.54 Å². The number of aliphatic hydroxyl groups excluding tert-OH is 1. The lowest BCUT2D eigenvalue weighted by atomic mass is 10.0. The molecule has 30 heavy (non-hydrogen) atoms. The first kappa shape index (κ1) is 21.9. The van der Waals surface area contributed by atoms with Crippen LogP contribution in [0, 0.1) is 6.92 Å². The molecule has 0 aliphatic carbocycles. The maximum Gasteiger partial charge on any atom is 0.273 e. The Morgan fingerprint density at radius 2 is 1.60 bits per heavy atom. The van der Waals surface area contributed by atoms with Crippen LogP contribution in [0.2, 0.25) is 0 Å². The maximum absolute atomic E-state index is 12.0. The topological polar surface area (TPSA) is 112 Å². The van der Waals surface area contributed by atoms with E-state index >= 15 is 0 Å². The Morgan fingerprint density at radius 1 is 1.03 bits per heavy atom. The van der Waals surface area contributed by atoms with Crippen molar-refractivity contribution in [1.82, 2.24) is 10.3 Å². The molecule has 0 spiro atoms. The van der Waals surface area contributed by atoms with Crippen molar-refractivity contribution in [3.8, 4) is 0 Å². The summed E-state index contributed by atoms with van der Waals surface area (Å²) < 4.78 is 5.83. The van der Waals surface area contributed by atoms with Gasteiger partial charge in [0.05, 0.1) is 21.7 Å². The van der Waals surface area contributed by atoms with Crippen LogP contribution in [0.5, 0.6) is 0 Å². The Labute approximate surface area is 188 Å². The fraction of sp³-hybridized carbons (Fsp3) is 0.632. The highest BCUT2D eigenvalue weighted by atomic mass is 32.2. The molecular weight excluding hydrogens is 442 g/mol. The molecule has 0 fully saturated rings. The number of hydrogen-bond acceptors (Lipinski definition) is 10. The van der Waals surface area contributed by atoms with Crippen LogP contribution >= 0.6 is 35.3 Å². The number of aliphatic imine (C=N–C) groups is 3. The van der Waals surface area contributed by atoms with Crippen LogP contribution in [0.25, 0.3) is 0 Å². The lowest BCUT2D eigenvalue weighted by Crippen LogP contribution is -2.33. The molecular formula is C19H25N5O3S3. The Balaban J connectivity index is 1.61. The fourth-order valence-electron chi connectivity index (χ4n) is 3.48. The van der Waals surface area contributed by atoms with E-state index in [1.807, 2.05) is 6.92 Å². The van der Waals surface area contributed by atoms with Crippen molar-refractivity contribution >= 4 is 56.3 Å². The quantitative estimate of drug-likeness (QED) is 0.684. The SMILES string of the molecule is CNC(=O)c1nc([C@]2(C)CSC([C@]3(C)CSC([C@]4(C)CSC(CO)=N4)=N3)=N2)oc1C. The van der Waals surface area contributed by atoms with Crippen LogP contribution in [0.4, 0.5) is 0 Å². The van der Waals surface area contributed by atoms with Gasteiger partial charge in [-0.1, -0.05) is 0 Å². The molecule has 0 saturated heterocycles. The van der Waals surface area contributed by atoms with Crippen LogP contribution < -0.4 is 5.32 Å². The zero-order valence-electron chi connectivity index (χ0n) is 17.6. The number of rotatable bonds is 5. The predicted octanol–water partition coefficient (Wildman–Crippen LogP) is 2.50. The summed E-state index contributed by atoms with van der Waals surface area (Å²) >= 11 is 4.97. The van der Waals surface area contributed by atoms with Crippen LogP contribution in [0.1, 0.15) is 42.9 Å². The van der Waals surface area contributed by atoms with E-state index < -0.39 is 11.1 Å². The summed E-state index contributed by atoms with van der Waals surface area (Å²) in [6.45, 7) is 7.87. The van der Waals surface area contributed by atoms with Crippen molar-refractivity contribution in [2.45, 2.75) is 44.3 Å². The normalized spacial score (nSPS) is 33.5. The van der Waals surface area contributed by atoms with Crippen molar-refractivity contribution < 1.29 is 14.3 Å². The van der Waals surface area contributed by atoms with E-state index in [4.69, 9.17) is 19.4 Å². The third kappa shape index (κ3) is 3.63. The van der Waals surface area contributed by atoms with Gasteiger partial charge >= 0.3 is 0 Å². The minimum atomic E-state index is -0.641. The molecule has 0 radical (unpaired) electrons. The van der Waals surface area contributed by atoms with Gasteiger partial charge < -0.3 is 14.8 Å². The number of thioether (sulfide) groups is 3. The molecule has 3 aliphatic rings. The number of aryl methyl sites for hydroxylation is 1. The molecule has 8 nitrogen and oxygen atoms in total. The highest BCUT2D eigenvalue weighted by Gasteiger charge is 2.48. The van der Waals surface area contributed by atoms with Crippen LogP contribution in [0.15, 0.2) is 19.4 Å². The van der Waals surface area contributed by atoms with Crippen molar-refractivity contribution in [1.29, 1.82) is 0 Å². The number of hydrogen-bond donors (Lipinski definition) is 2. The first-order valence-corrected chi connectivity index (χ1v) is 12.6. The summed E-state index contributed by atoms with van der Waals surface area (Å²) in [5, 5.41) is 14.7. The number of carbonyl (C=O) groups is 1. The number of oxazole rings is 1. The number of nitrogens with one attached hydrogen (secondary N) is 1. The molecule has 0 unspecified atom stereocenters. The van der Waals surface area contributed by atoms with E-state index in [1.54, 1.807) is 49.3 Å². The minimum absolute atomic E-state index is 0.0238. The van der Waals surface area contributed by atoms with Gasteiger partial charge in [-0.2, -0.15) is 0 Å². The van der Waals surface area contributed by atoms with Gasteiger partial charge in [0.25, 0.3) is 5.91 Å². The lowest BCUT2D eigenvalue weighted by molar-refractivity contribution is 0.0957. The molecule has 0 bridgehead atoms. The summed E-state index contributed by atoms with van der Waals surface area (Å²) in [7, 11) is 1.57. The van der Waals surface area contributed by atoms with E-state index in [1.165, 1.54) is 0 Å². The van der Waals surface area contributed by atoms with Crippen LogP contribution in [0.3, 0.4) is 0 Å². The fourth-order valence-corrected chi connectivity index (χ4v) is 7.28. The van der Waals surface area contributed by atoms with Crippen molar-refractivity contribution in [3.63, 3.8) is 0 Å². The Kier molecular flexibility index (Phi) is 5.61. The van der Waals surface area contributed by atoms with Gasteiger partial charge in [-0.05, 0) is 27.7 Å². The molecule has 162 valence electrons. The van der Waals surface area contributed by atoms with Crippen molar-refractivity contribution in [3.05, 3.63) is 17.3 Å². The Bertz CT molecular complexity index is 990. The third-order valence-corrected chi connectivity index (χ3v) is 9.61. The minimum Gasteiger partial charge on any atom is -0.442 e. The maximum atomic E-state index is 12.0. The van der Waals surface area contributed by atoms with Crippen LogP contribution in [-0.4, -0.2) is 73.1 Å². The van der Waals surface area contributed by atoms with Gasteiger partial charge in [-0.25, -0.2) is 4.98 Å². The second-order valence-corrected chi connectivity index (χ2v) is 11.2. The standard InChI is InChI=1S/C19H25N5O3S3/c1-10-12(13(26)20-5)21-14(27-10)17(2)7-29-16(23-17)19(4)9-30-15(24-19)18(3)8-28-11(6-25)22-18/h25H,6-9H2,1-5H3,(H,20,26)/t17-,18-,19-/m0/s1. The van der Waals surface area contributed by atoms with Gasteiger partial charge in [-0.15, -0.1) is 35.3 Å². The number of aromatic nitrogens is 1. The molecule has 1 aromatic rings. The highest BCUT2D eigenvalue weighted by Crippen LogP contribution is 2.45. The average Bonchev–Trinajstić information content (AvgIpc) is 3.48. The molecule has 0 saturated carbocycles. The first-order chi connectivity index (χ1) is 14.1. The van der Waals surface area contributed by atoms with Crippen molar-refractivity contribution in [2.24, 2.45) is 15.0 Å². The zero-order valence-corrected chi connectivity index (χ0v) is 20.1. The van der Waals surface area contributed by atoms with E-state index in [0.29, 0.717) is 23.1 Å². The molecule has 1 amide bonds. The van der Waals surface area contributed by atoms with Gasteiger partial charge in [0.2, 0.25) is 5.89 Å². The second-order valence-electron chi connectivity index (χ2n) is 8.19. The predicted molar refractivity (Wildman–Crippen MR) is 126 cm³/mol.